The molecule has 0 aliphatic heterocycles. The molecule has 0 aromatic carbocycles. The van der Waals surface area contributed by atoms with E-state index >= 15 is 0 Å². The van der Waals surface area contributed by atoms with Crippen molar-refractivity contribution in [3.63, 3.8) is 0 Å². The van der Waals surface area contributed by atoms with Gasteiger partial charge in [0.2, 0.25) is 0 Å². The fraction of sp³-hybridized carbons (Fsp3) is 0.444. The summed E-state index contributed by atoms with van der Waals surface area (Å²) in [6.07, 6.45) is 4.86. The van der Waals surface area contributed by atoms with Crippen molar-refractivity contribution in [2.24, 2.45) is 0 Å². The van der Waals surface area contributed by atoms with Gasteiger partial charge < -0.3 is 10.1 Å². The molecule has 0 bridgehead atoms. The number of hydrogen-bond acceptors (Lipinski definition) is 5. The molecule has 1 N–H and O–H groups in total. The van der Waals surface area contributed by atoms with Crippen molar-refractivity contribution >= 4 is 5.97 Å². The monoisotopic (exact) mass is 195 g/mol. The molecule has 0 saturated carbocycles. The molecule has 0 spiro atoms. The molecule has 0 fully saturated rings. The second-order valence-corrected chi connectivity index (χ2v) is 2.87. The van der Waals surface area contributed by atoms with E-state index in [-0.39, 0.29) is 12.0 Å². The zero-order chi connectivity index (χ0) is 10.4. The smallest absolute Gasteiger partial charge is 0.322 e. The Morgan fingerprint density at radius 1 is 1.57 bits per heavy atom. The van der Waals surface area contributed by atoms with Crippen molar-refractivity contribution in [2.45, 2.75) is 19.5 Å². The van der Waals surface area contributed by atoms with Crippen LogP contribution in [0.2, 0.25) is 0 Å². The topological polar surface area (TPSA) is 64.1 Å². The summed E-state index contributed by atoms with van der Waals surface area (Å²) in [5.41, 5.74) is 0.934. The highest BCUT2D eigenvalue weighted by atomic mass is 16.5. The number of ether oxygens (including phenoxy) is 1. The van der Waals surface area contributed by atoms with Gasteiger partial charge in [-0.3, -0.25) is 4.79 Å². The average Bonchev–Trinajstić information content (AvgIpc) is 2.26. The first-order chi connectivity index (χ1) is 6.74. The van der Waals surface area contributed by atoms with Gasteiger partial charge in [-0.25, -0.2) is 9.97 Å². The van der Waals surface area contributed by atoms with E-state index in [2.05, 4.69) is 20.0 Å². The van der Waals surface area contributed by atoms with Gasteiger partial charge in [0, 0.05) is 24.5 Å². The molecule has 1 unspecified atom stereocenters. The third-order valence-electron chi connectivity index (χ3n) is 1.78. The molecule has 0 aliphatic carbocycles. The zero-order valence-electron chi connectivity index (χ0n) is 8.23. The van der Waals surface area contributed by atoms with Gasteiger partial charge >= 0.3 is 5.97 Å². The van der Waals surface area contributed by atoms with Crippen molar-refractivity contribution in [3.8, 4) is 0 Å². The number of methoxy groups -OCH3 is 1. The van der Waals surface area contributed by atoms with Crippen LogP contribution in [0.25, 0.3) is 0 Å². The molecule has 0 aliphatic rings. The van der Waals surface area contributed by atoms with Crippen LogP contribution in [0.15, 0.2) is 18.7 Å². The molecule has 1 aromatic heterocycles. The molecule has 0 amide bonds. The number of carbonyl (C=O) groups is 1. The van der Waals surface area contributed by atoms with Crippen molar-refractivity contribution in [2.75, 3.05) is 7.11 Å². The molecule has 1 heterocycles. The fourth-order valence-corrected chi connectivity index (χ4v) is 0.952. The van der Waals surface area contributed by atoms with Crippen LogP contribution in [-0.2, 0) is 16.1 Å². The van der Waals surface area contributed by atoms with E-state index in [1.54, 1.807) is 19.3 Å². The number of esters is 1. The lowest BCUT2D eigenvalue weighted by atomic mass is 10.3. The first-order valence-electron chi connectivity index (χ1n) is 4.29. The van der Waals surface area contributed by atoms with E-state index in [0.29, 0.717) is 6.54 Å². The quantitative estimate of drug-likeness (QED) is 0.692. The number of nitrogens with zero attached hydrogens (tertiary/aromatic N) is 2. The minimum Gasteiger partial charge on any atom is -0.468 e. The van der Waals surface area contributed by atoms with Gasteiger partial charge in [0.05, 0.1) is 7.11 Å². The Balaban J connectivity index is 2.38. The molecule has 5 heteroatoms. The highest BCUT2D eigenvalue weighted by molar-refractivity contribution is 5.75. The maximum Gasteiger partial charge on any atom is 0.322 e. The summed E-state index contributed by atoms with van der Waals surface area (Å²) in [6.45, 7) is 2.30. The summed E-state index contributed by atoms with van der Waals surface area (Å²) in [7, 11) is 1.37. The maximum absolute atomic E-state index is 11.0. The molecule has 0 radical (unpaired) electrons. The Hall–Kier alpha value is -1.49. The van der Waals surface area contributed by atoms with Gasteiger partial charge in [-0.2, -0.15) is 0 Å². The summed E-state index contributed by atoms with van der Waals surface area (Å²) in [6, 6.07) is -0.319. The third-order valence-corrected chi connectivity index (χ3v) is 1.78. The number of rotatable bonds is 4. The van der Waals surface area contributed by atoms with E-state index in [1.807, 2.05) is 0 Å². The van der Waals surface area contributed by atoms with Crippen LogP contribution in [-0.4, -0.2) is 29.1 Å². The molecule has 1 rings (SSSR count). The largest absolute Gasteiger partial charge is 0.468 e. The SMILES string of the molecule is COC(=O)C(C)NCc1cncnc1. The Kier molecular flexibility index (Phi) is 4.00. The Morgan fingerprint density at radius 2 is 2.21 bits per heavy atom. The average molecular weight is 195 g/mol. The molecule has 0 saturated heterocycles. The summed E-state index contributed by atoms with van der Waals surface area (Å²) in [4.78, 5) is 18.7. The van der Waals surface area contributed by atoms with Crippen LogP contribution in [0.3, 0.4) is 0 Å². The van der Waals surface area contributed by atoms with Gasteiger partial charge in [0.25, 0.3) is 0 Å². The van der Waals surface area contributed by atoms with E-state index in [0.717, 1.165) is 5.56 Å². The van der Waals surface area contributed by atoms with Crippen molar-refractivity contribution < 1.29 is 9.53 Å². The second kappa shape index (κ2) is 5.29. The highest BCUT2D eigenvalue weighted by Crippen LogP contribution is 1.94. The van der Waals surface area contributed by atoms with Gasteiger partial charge in [-0.05, 0) is 6.92 Å². The summed E-state index contributed by atoms with van der Waals surface area (Å²) >= 11 is 0. The van der Waals surface area contributed by atoms with Crippen LogP contribution in [0.5, 0.6) is 0 Å². The van der Waals surface area contributed by atoms with Crippen LogP contribution in [0.4, 0.5) is 0 Å². The normalized spacial score (nSPS) is 12.1. The van der Waals surface area contributed by atoms with Crippen LogP contribution in [0, 0.1) is 0 Å². The molecule has 1 aromatic rings. The first-order valence-corrected chi connectivity index (χ1v) is 4.29. The molecular weight excluding hydrogens is 182 g/mol. The van der Waals surface area contributed by atoms with E-state index < -0.39 is 0 Å². The maximum atomic E-state index is 11.0. The predicted molar refractivity (Wildman–Crippen MR) is 50.3 cm³/mol. The molecule has 14 heavy (non-hydrogen) atoms. The minimum absolute atomic E-state index is 0.276. The van der Waals surface area contributed by atoms with Crippen LogP contribution < -0.4 is 5.32 Å². The molecular formula is C9H13N3O2. The third kappa shape index (κ3) is 3.10. The summed E-state index contributed by atoms with van der Waals surface area (Å²) < 4.78 is 4.57. The predicted octanol–water partition coefficient (Wildman–Crippen LogP) is 0.128. The van der Waals surface area contributed by atoms with E-state index in [4.69, 9.17) is 0 Å². The van der Waals surface area contributed by atoms with E-state index in [1.165, 1.54) is 13.4 Å². The molecule has 76 valence electrons. The van der Waals surface area contributed by atoms with Crippen molar-refractivity contribution in [1.29, 1.82) is 0 Å². The summed E-state index contributed by atoms with van der Waals surface area (Å²) in [5, 5.41) is 3.00. The molecule has 1 atom stereocenters. The first kappa shape index (κ1) is 10.6. The second-order valence-electron chi connectivity index (χ2n) is 2.87. The standard InChI is InChI=1S/C9H13N3O2/c1-7(9(13)14-2)12-5-8-3-10-6-11-4-8/h3-4,6-7,12H,5H2,1-2H3. The number of carbonyl (C=O) groups excluding carboxylic acids is 1. The number of aromatic nitrogens is 2. The lowest BCUT2D eigenvalue weighted by molar-refractivity contribution is -0.142. The minimum atomic E-state index is -0.319. The van der Waals surface area contributed by atoms with Gasteiger partial charge in [-0.1, -0.05) is 0 Å². The highest BCUT2D eigenvalue weighted by Gasteiger charge is 2.11. The Labute approximate surface area is 82.5 Å². The van der Waals surface area contributed by atoms with Crippen molar-refractivity contribution in [3.05, 3.63) is 24.3 Å². The number of hydrogen-bond donors (Lipinski definition) is 1. The van der Waals surface area contributed by atoms with Gasteiger partial charge in [-0.15, -0.1) is 0 Å². The Morgan fingerprint density at radius 3 is 2.79 bits per heavy atom. The van der Waals surface area contributed by atoms with Crippen LogP contribution in [0.1, 0.15) is 12.5 Å². The zero-order valence-corrected chi connectivity index (χ0v) is 8.23. The summed E-state index contributed by atoms with van der Waals surface area (Å²) in [5.74, 6) is -0.276. The van der Waals surface area contributed by atoms with Crippen molar-refractivity contribution in [1.82, 2.24) is 15.3 Å². The van der Waals surface area contributed by atoms with E-state index in [9.17, 15) is 4.79 Å². The Bertz CT molecular complexity index is 289. The fourth-order valence-electron chi connectivity index (χ4n) is 0.952. The van der Waals surface area contributed by atoms with Gasteiger partial charge in [0.15, 0.2) is 0 Å². The van der Waals surface area contributed by atoms with Gasteiger partial charge in [0.1, 0.15) is 12.4 Å². The molecule has 5 nitrogen and oxygen atoms in total. The lowest BCUT2D eigenvalue weighted by Crippen LogP contribution is -2.34. The lowest BCUT2D eigenvalue weighted by Gasteiger charge is -2.10. The van der Waals surface area contributed by atoms with Crippen LogP contribution >= 0.6 is 0 Å². The number of nitrogens with one attached hydrogen (secondary N) is 1.